The van der Waals surface area contributed by atoms with Crippen molar-refractivity contribution in [3.8, 4) is 11.4 Å². The van der Waals surface area contributed by atoms with Gasteiger partial charge in [-0.15, -0.1) is 0 Å². The molecule has 2 heterocycles. The van der Waals surface area contributed by atoms with Crippen LogP contribution >= 0.6 is 0 Å². The molecule has 1 saturated heterocycles. The molecule has 1 unspecified atom stereocenters. The molecule has 1 saturated carbocycles. The van der Waals surface area contributed by atoms with Crippen LogP contribution in [-0.2, 0) is 17.8 Å². The highest BCUT2D eigenvalue weighted by molar-refractivity contribution is 5.79. The van der Waals surface area contributed by atoms with Crippen molar-refractivity contribution in [1.29, 1.82) is 0 Å². The van der Waals surface area contributed by atoms with Crippen molar-refractivity contribution in [3.05, 3.63) is 42.2 Å². The summed E-state index contributed by atoms with van der Waals surface area (Å²) in [6.45, 7) is 1.41. The Morgan fingerprint density at radius 3 is 2.71 bits per heavy atom. The van der Waals surface area contributed by atoms with E-state index in [0.29, 0.717) is 30.4 Å². The Kier molecular flexibility index (Phi) is 5.17. The molecule has 0 radical (unpaired) electrons. The van der Waals surface area contributed by atoms with Crippen LogP contribution in [0.5, 0.6) is 0 Å². The number of amides is 1. The molecule has 0 spiro atoms. The molecule has 150 valence electrons. The molecule has 1 aromatic heterocycles. The molecule has 2 aromatic rings. The maximum Gasteiger partial charge on any atom is 0.393 e. The van der Waals surface area contributed by atoms with Crippen LogP contribution in [0.25, 0.3) is 11.4 Å². The molecular weight excluding hydrogens is 367 g/mol. The first-order valence-corrected chi connectivity index (χ1v) is 9.86. The van der Waals surface area contributed by atoms with Crippen molar-refractivity contribution in [2.24, 2.45) is 5.92 Å². The Morgan fingerprint density at radius 2 is 1.96 bits per heavy atom. The van der Waals surface area contributed by atoms with Crippen molar-refractivity contribution in [2.75, 3.05) is 6.54 Å². The Labute approximate surface area is 162 Å². The number of hydrogen-bond acceptors (Lipinski definition) is 2. The van der Waals surface area contributed by atoms with E-state index in [1.54, 1.807) is 24.4 Å². The number of aromatic nitrogens is 2. The van der Waals surface area contributed by atoms with Gasteiger partial charge in [0.05, 0.1) is 6.42 Å². The fraction of sp³-hybridized carbons (Fsp3) is 0.524. The predicted molar refractivity (Wildman–Crippen MR) is 99.5 cm³/mol. The zero-order valence-corrected chi connectivity index (χ0v) is 15.7. The van der Waals surface area contributed by atoms with Crippen LogP contribution in [0.3, 0.4) is 0 Å². The molecule has 1 aliphatic heterocycles. The maximum absolute atomic E-state index is 12.7. The quantitative estimate of drug-likeness (QED) is 0.756. The summed E-state index contributed by atoms with van der Waals surface area (Å²) in [6.07, 6.45) is 3.44. The summed E-state index contributed by atoms with van der Waals surface area (Å²) < 4.78 is 40.1. The van der Waals surface area contributed by atoms with Crippen LogP contribution in [0.4, 0.5) is 13.2 Å². The molecule has 2 fully saturated rings. The van der Waals surface area contributed by atoms with Crippen LogP contribution in [0, 0.1) is 5.92 Å². The number of nitrogens with zero attached hydrogens (tertiary/aromatic N) is 3. The van der Waals surface area contributed by atoms with Crippen molar-refractivity contribution in [3.63, 3.8) is 0 Å². The standard InChI is InChI=1S/C21H24F3N3O/c22-21(23,24)12-15-4-3-5-17(10-15)20-25-8-9-26(20)13-16-11-19(28)27(14-16)18-6-1-2-7-18/h3-5,8-10,16,18H,1-2,6-7,11-14H2. The molecule has 28 heavy (non-hydrogen) atoms. The number of benzene rings is 1. The predicted octanol–water partition coefficient (Wildman–Crippen LogP) is 4.45. The summed E-state index contributed by atoms with van der Waals surface area (Å²) in [4.78, 5) is 18.8. The van der Waals surface area contributed by atoms with E-state index in [0.717, 1.165) is 19.4 Å². The molecule has 1 amide bonds. The van der Waals surface area contributed by atoms with Gasteiger partial charge in [-0.3, -0.25) is 4.79 Å². The number of alkyl halides is 3. The summed E-state index contributed by atoms with van der Waals surface area (Å²) in [6, 6.07) is 6.84. The van der Waals surface area contributed by atoms with Gasteiger partial charge in [-0.2, -0.15) is 13.2 Å². The summed E-state index contributed by atoms with van der Waals surface area (Å²) >= 11 is 0. The third kappa shape index (κ3) is 4.23. The summed E-state index contributed by atoms with van der Waals surface area (Å²) in [7, 11) is 0. The summed E-state index contributed by atoms with van der Waals surface area (Å²) in [5, 5.41) is 0. The Morgan fingerprint density at radius 1 is 1.18 bits per heavy atom. The maximum atomic E-state index is 12.7. The average Bonchev–Trinajstić information content (AvgIpc) is 3.35. The van der Waals surface area contributed by atoms with E-state index in [9.17, 15) is 18.0 Å². The van der Waals surface area contributed by atoms with Gasteiger partial charge in [0.15, 0.2) is 0 Å². The third-order valence-electron chi connectivity index (χ3n) is 5.76. The Hall–Kier alpha value is -2.31. The van der Waals surface area contributed by atoms with Crippen molar-refractivity contribution in [1.82, 2.24) is 14.5 Å². The fourth-order valence-electron chi connectivity index (χ4n) is 4.55. The first kappa shape index (κ1) is 19.0. The van der Waals surface area contributed by atoms with Crippen molar-refractivity contribution < 1.29 is 18.0 Å². The van der Waals surface area contributed by atoms with Gasteiger partial charge in [0.25, 0.3) is 0 Å². The Balaban J connectivity index is 1.48. The lowest BCUT2D eigenvalue weighted by atomic mass is 10.1. The average molecular weight is 391 g/mol. The number of halogens is 3. The van der Waals surface area contributed by atoms with Crippen LogP contribution in [0.2, 0.25) is 0 Å². The van der Waals surface area contributed by atoms with Gasteiger partial charge in [0.1, 0.15) is 5.82 Å². The molecule has 0 bridgehead atoms. The monoisotopic (exact) mass is 391 g/mol. The highest BCUT2D eigenvalue weighted by Crippen LogP contribution is 2.31. The molecule has 2 aliphatic rings. The molecule has 1 aromatic carbocycles. The summed E-state index contributed by atoms with van der Waals surface area (Å²) in [5.41, 5.74) is 0.895. The van der Waals surface area contributed by atoms with Gasteiger partial charge >= 0.3 is 6.18 Å². The number of likely N-dealkylation sites (tertiary alicyclic amines) is 1. The largest absolute Gasteiger partial charge is 0.393 e. The second-order valence-electron chi connectivity index (χ2n) is 7.95. The third-order valence-corrected chi connectivity index (χ3v) is 5.76. The number of imidazole rings is 1. The molecule has 4 nitrogen and oxygen atoms in total. The lowest BCUT2D eigenvalue weighted by molar-refractivity contribution is -0.129. The molecule has 1 aliphatic carbocycles. The fourth-order valence-corrected chi connectivity index (χ4v) is 4.55. The van der Waals surface area contributed by atoms with Crippen molar-refractivity contribution >= 4 is 5.91 Å². The topological polar surface area (TPSA) is 38.1 Å². The van der Waals surface area contributed by atoms with E-state index in [1.165, 1.54) is 18.9 Å². The number of carbonyl (C=O) groups is 1. The van der Waals surface area contributed by atoms with Crippen molar-refractivity contribution in [2.45, 2.75) is 57.3 Å². The molecule has 4 rings (SSSR count). The Bertz CT molecular complexity index is 839. The van der Waals surface area contributed by atoms with Gasteiger partial charge in [-0.1, -0.05) is 31.0 Å². The first-order chi connectivity index (χ1) is 13.4. The van der Waals surface area contributed by atoms with E-state index in [4.69, 9.17) is 0 Å². The van der Waals surface area contributed by atoms with E-state index in [2.05, 4.69) is 4.98 Å². The minimum atomic E-state index is -4.23. The molecule has 0 N–H and O–H groups in total. The molecule has 1 atom stereocenters. The van der Waals surface area contributed by atoms with E-state index >= 15 is 0 Å². The van der Waals surface area contributed by atoms with E-state index in [1.807, 2.05) is 15.7 Å². The lowest BCUT2D eigenvalue weighted by Crippen LogP contribution is -2.34. The first-order valence-electron chi connectivity index (χ1n) is 9.86. The smallest absolute Gasteiger partial charge is 0.339 e. The van der Waals surface area contributed by atoms with Crippen LogP contribution < -0.4 is 0 Å². The van der Waals surface area contributed by atoms with Gasteiger partial charge in [0, 0.05) is 49.4 Å². The molecular formula is C21H24F3N3O. The highest BCUT2D eigenvalue weighted by atomic mass is 19.4. The van der Waals surface area contributed by atoms with E-state index < -0.39 is 12.6 Å². The number of carbonyl (C=O) groups excluding carboxylic acids is 1. The zero-order chi connectivity index (χ0) is 19.7. The van der Waals surface area contributed by atoms with Crippen LogP contribution in [0.1, 0.15) is 37.7 Å². The molecule has 7 heteroatoms. The number of rotatable bonds is 5. The van der Waals surface area contributed by atoms with Gasteiger partial charge in [0.2, 0.25) is 5.91 Å². The zero-order valence-electron chi connectivity index (χ0n) is 15.7. The van der Waals surface area contributed by atoms with Crippen LogP contribution in [-0.4, -0.2) is 39.1 Å². The lowest BCUT2D eigenvalue weighted by Gasteiger charge is -2.24. The normalized spacial score (nSPS) is 21.0. The summed E-state index contributed by atoms with van der Waals surface area (Å²) in [5.74, 6) is 1.08. The van der Waals surface area contributed by atoms with E-state index in [-0.39, 0.29) is 17.4 Å². The highest BCUT2D eigenvalue weighted by Gasteiger charge is 2.35. The van der Waals surface area contributed by atoms with Gasteiger partial charge in [-0.05, 0) is 24.5 Å². The number of hydrogen-bond donors (Lipinski definition) is 0. The second-order valence-corrected chi connectivity index (χ2v) is 7.95. The SMILES string of the molecule is O=C1CC(Cn2ccnc2-c2cccc(CC(F)(F)F)c2)CN1C1CCCC1. The second kappa shape index (κ2) is 7.60. The van der Waals surface area contributed by atoms with Crippen LogP contribution in [0.15, 0.2) is 36.7 Å². The minimum absolute atomic E-state index is 0.208. The van der Waals surface area contributed by atoms with Gasteiger partial charge < -0.3 is 9.47 Å². The minimum Gasteiger partial charge on any atom is -0.339 e. The van der Waals surface area contributed by atoms with Gasteiger partial charge in [-0.25, -0.2) is 4.98 Å².